The molecule has 2 aliphatic rings. The van der Waals surface area contributed by atoms with Gasteiger partial charge in [0.05, 0.1) is 0 Å². The number of nitrogens with two attached hydrogens (primary N) is 1. The van der Waals surface area contributed by atoms with Crippen molar-refractivity contribution in [3.8, 4) is 11.5 Å². The summed E-state index contributed by atoms with van der Waals surface area (Å²) in [6, 6.07) is 6.26. The number of ether oxygens (including phenoxy) is 2. The molecule has 2 heterocycles. The highest BCUT2D eigenvalue weighted by atomic mass is 16.6. The fourth-order valence-corrected chi connectivity index (χ4v) is 3.21. The summed E-state index contributed by atoms with van der Waals surface area (Å²) < 4.78 is 11.2. The Morgan fingerprint density at radius 3 is 2.55 bits per heavy atom. The van der Waals surface area contributed by atoms with Crippen LogP contribution in [0.5, 0.6) is 11.5 Å². The van der Waals surface area contributed by atoms with E-state index in [1.165, 1.54) is 18.4 Å². The van der Waals surface area contributed by atoms with Crippen molar-refractivity contribution in [1.29, 1.82) is 0 Å². The monoisotopic (exact) mass is 276 g/mol. The van der Waals surface area contributed by atoms with Crippen LogP contribution >= 0.6 is 0 Å². The second-order valence-electron chi connectivity index (χ2n) is 6.05. The van der Waals surface area contributed by atoms with Crippen LogP contribution < -0.4 is 15.2 Å². The smallest absolute Gasteiger partial charge is 0.161 e. The topological polar surface area (TPSA) is 47.7 Å². The first kappa shape index (κ1) is 13.7. The fraction of sp³-hybridized carbons (Fsp3) is 0.625. The predicted molar refractivity (Wildman–Crippen MR) is 79.4 cm³/mol. The maximum atomic E-state index is 6.07. The van der Waals surface area contributed by atoms with Gasteiger partial charge in [0.2, 0.25) is 0 Å². The molecule has 1 atom stereocenters. The molecule has 0 amide bonds. The molecule has 4 nitrogen and oxygen atoms in total. The highest BCUT2D eigenvalue weighted by Gasteiger charge is 2.32. The highest BCUT2D eigenvalue weighted by molar-refractivity contribution is 5.44. The average molecular weight is 276 g/mol. The Morgan fingerprint density at radius 1 is 1.15 bits per heavy atom. The van der Waals surface area contributed by atoms with Gasteiger partial charge in [0, 0.05) is 12.1 Å². The van der Waals surface area contributed by atoms with Crippen LogP contribution in [0.3, 0.4) is 0 Å². The van der Waals surface area contributed by atoms with Gasteiger partial charge in [-0.2, -0.15) is 0 Å². The molecule has 110 valence electrons. The standard InChI is InChI=1S/C16H24N2O2/c1-16(12-17,18-6-2-3-7-18)11-13-4-5-14-15(10-13)20-9-8-19-14/h4-5,10H,2-3,6-9,11-12,17H2,1H3. The first-order chi connectivity index (χ1) is 9.71. The van der Waals surface area contributed by atoms with E-state index in [9.17, 15) is 0 Å². The van der Waals surface area contributed by atoms with Crippen LogP contribution in [0, 0.1) is 0 Å². The zero-order valence-electron chi connectivity index (χ0n) is 12.2. The van der Waals surface area contributed by atoms with E-state index in [2.05, 4.69) is 24.0 Å². The zero-order chi connectivity index (χ0) is 14.0. The van der Waals surface area contributed by atoms with Gasteiger partial charge in [0.1, 0.15) is 13.2 Å². The van der Waals surface area contributed by atoms with Gasteiger partial charge < -0.3 is 15.2 Å². The van der Waals surface area contributed by atoms with Gasteiger partial charge in [-0.15, -0.1) is 0 Å². The first-order valence-corrected chi connectivity index (χ1v) is 7.55. The number of benzene rings is 1. The molecule has 3 rings (SSSR count). The number of nitrogens with zero attached hydrogens (tertiary/aromatic N) is 1. The average Bonchev–Trinajstić information content (AvgIpc) is 3.02. The maximum absolute atomic E-state index is 6.07. The van der Waals surface area contributed by atoms with Gasteiger partial charge in [-0.05, 0) is 57.0 Å². The fourth-order valence-electron chi connectivity index (χ4n) is 3.21. The van der Waals surface area contributed by atoms with E-state index in [-0.39, 0.29) is 5.54 Å². The van der Waals surface area contributed by atoms with Crippen molar-refractivity contribution in [2.75, 3.05) is 32.8 Å². The van der Waals surface area contributed by atoms with E-state index in [4.69, 9.17) is 15.2 Å². The van der Waals surface area contributed by atoms with Crippen molar-refractivity contribution in [3.63, 3.8) is 0 Å². The van der Waals surface area contributed by atoms with Crippen LogP contribution in [0.15, 0.2) is 18.2 Å². The lowest BCUT2D eigenvalue weighted by Crippen LogP contribution is -2.51. The van der Waals surface area contributed by atoms with Crippen LogP contribution in [-0.2, 0) is 6.42 Å². The Bertz CT molecular complexity index is 472. The molecule has 20 heavy (non-hydrogen) atoms. The summed E-state index contributed by atoms with van der Waals surface area (Å²) in [7, 11) is 0. The third kappa shape index (κ3) is 2.63. The second-order valence-corrected chi connectivity index (χ2v) is 6.05. The van der Waals surface area contributed by atoms with Gasteiger partial charge in [0.15, 0.2) is 11.5 Å². The molecular weight excluding hydrogens is 252 g/mol. The van der Waals surface area contributed by atoms with Crippen LogP contribution in [0.25, 0.3) is 0 Å². The Morgan fingerprint density at radius 2 is 1.85 bits per heavy atom. The van der Waals surface area contributed by atoms with Gasteiger partial charge in [-0.25, -0.2) is 0 Å². The summed E-state index contributed by atoms with van der Waals surface area (Å²) in [4.78, 5) is 2.53. The second kappa shape index (κ2) is 5.62. The third-order valence-electron chi connectivity index (χ3n) is 4.50. The molecule has 2 N–H and O–H groups in total. The Kier molecular flexibility index (Phi) is 3.85. The lowest BCUT2D eigenvalue weighted by atomic mass is 9.91. The number of fused-ring (bicyclic) bond motifs is 1. The van der Waals surface area contributed by atoms with Crippen molar-refractivity contribution >= 4 is 0 Å². The molecule has 0 bridgehead atoms. The molecule has 1 unspecified atom stereocenters. The number of hydrogen-bond donors (Lipinski definition) is 1. The van der Waals surface area contributed by atoms with E-state index in [0.717, 1.165) is 31.0 Å². The number of hydrogen-bond acceptors (Lipinski definition) is 4. The molecule has 0 radical (unpaired) electrons. The van der Waals surface area contributed by atoms with Crippen molar-refractivity contribution < 1.29 is 9.47 Å². The third-order valence-corrected chi connectivity index (χ3v) is 4.50. The SMILES string of the molecule is CC(CN)(Cc1ccc2c(c1)OCCO2)N1CCCC1. The maximum Gasteiger partial charge on any atom is 0.161 e. The van der Waals surface area contributed by atoms with Crippen molar-refractivity contribution in [2.45, 2.75) is 31.7 Å². The molecule has 0 saturated carbocycles. The van der Waals surface area contributed by atoms with Crippen LogP contribution in [-0.4, -0.2) is 43.3 Å². The molecule has 0 spiro atoms. The number of rotatable bonds is 4. The van der Waals surface area contributed by atoms with Gasteiger partial charge in [-0.1, -0.05) is 6.07 Å². The summed E-state index contributed by atoms with van der Waals surface area (Å²) in [5, 5.41) is 0. The van der Waals surface area contributed by atoms with E-state index < -0.39 is 0 Å². The van der Waals surface area contributed by atoms with E-state index >= 15 is 0 Å². The van der Waals surface area contributed by atoms with Crippen LogP contribution in [0.2, 0.25) is 0 Å². The number of likely N-dealkylation sites (tertiary alicyclic amines) is 1. The van der Waals surface area contributed by atoms with Crippen LogP contribution in [0.4, 0.5) is 0 Å². The molecule has 1 saturated heterocycles. The molecule has 2 aliphatic heterocycles. The Balaban J connectivity index is 1.78. The van der Waals surface area contributed by atoms with E-state index in [1.54, 1.807) is 0 Å². The molecule has 4 heteroatoms. The van der Waals surface area contributed by atoms with E-state index in [1.807, 2.05) is 6.07 Å². The molecule has 1 fully saturated rings. The molecule has 0 aromatic heterocycles. The minimum absolute atomic E-state index is 0.0419. The summed E-state index contributed by atoms with van der Waals surface area (Å²) in [6.45, 7) is 6.56. The lowest BCUT2D eigenvalue weighted by molar-refractivity contribution is 0.142. The Labute approximate surface area is 120 Å². The summed E-state index contributed by atoms with van der Waals surface area (Å²) in [5.41, 5.74) is 7.39. The summed E-state index contributed by atoms with van der Waals surface area (Å²) >= 11 is 0. The molecule has 0 aliphatic carbocycles. The predicted octanol–water partition coefficient (Wildman–Crippen LogP) is 1.81. The van der Waals surface area contributed by atoms with Gasteiger partial charge in [0.25, 0.3) is 0 Å². The highest BCUT2D eigenvalue weighted by Crippen LogP contribution is 2.33. The summed E-state index contributed by atoms with van der Waals surface area (Å²) in [5.74, 6) is 1.73. The minimum Gasteiger partial charge on any atom is -0.486 e. The quantitative estimate of drug-likeness (QED) is 0.911. The van der Waals surface area contributed by atoms with E-state index in [0.29, 0.717) is 19.8 Å². The van der Waals surface area contributed by atoms with Crippen molar-refractivity contribution in [2.24, 2.45) is 5.73 Å². The Hall–Kier alpha value is -1.26. The largest absolute Gasteiger partial charge is 0.486 e. The summed E-state index contributed by atoms with van der Waals surface area (Å²) in [6.07, 6.45) is 3.54. The van der Waals surface area contributed by atoms with Gasteiger partial charge >= 0.3 is 0 Å². The molecule has 1 aromatic rings. The minimum atomic E-state index is 0.0419. The van der Waals surface area contributed by atoms with Crippen LogP contribution in [0.1, 0.15) is 25.3 Å². The molecular formula is C16H24N2O2. The van der Waals surface area contributed by atoms with Crippen molar-refractivity contribution in [3.05, 3.63) is 23.8 Å². The molecule has 1 aromatic carbocycles. The first-order valence-electron chi connectivity index (χ1n) is 7.55. The zero-order valence-corrected chi connectivity index (χ0v) is 12.2. The normalized spacial score (nSPS) is 21.7. The van der Waals surface area contributed by atoms with Crippen molar-refractivity contribution in [1.82, 2.24) is 4.90 Å². The van der Waals surface area contributed by atoms with Gasteiger partial charge in [-0.3, -0.25) is 4.90 Å². The lowest BCUT2D eigenvalue weighted by Gasteiger charge is -2.38.